The largest absolute Gasteiger partial charge is 4.00 e. The van der Waals surface area contributed by atoms with Crippen LogP contribution in [0.1, 0.15) is 45.0 Å². The quantitative estimate of drug-likeness (QED) is 0.147. The number of methoxy groups -OCH3 is 1. The molecule has 0 spiro atoms. The Hall–Kier alpha value is -4.35. The van der Waals surface area contributed by atoms with E-state index in [0.717, 1.165) is 28.1 Å². The Morgan fingerprint density at radius 3 is 1.44 bits per heavy atom. The maximum atomic E-state index is 10.4. The van der Waals surface area contributed by atoms with Gasteiger partial charge in [-0.05, 0) is 56.1 Å². The number of guanidine groups is 1. The fourth-order valence-corrected chi connectivity index (χ4v) is 5.00. The second-order valence-electron chi connectivity index (χ2n) is 10.5. The minimum Gasteiger partial charge on any atom is -0.496 e. The van der Waals surface area contributed by atoms with Crippen molar-refractivity contribution < 1.29 is 30.6 Å². The summed E-state index contributed by atoms with van der Waals surface area (Å²) in [6.45, 7) is 18.2. The summed E-state index contributed by atoms with van der Waals surface area (Å²) < 4.78 is 5.48. The van der Waals surface area contributed by atoms with E-state index < -0.39 is 0 Å². The van der Waals surface area contributed by atoms with Gasteiger partial charge in [-0.3, -0.25) is 0 Å². The maximum absolute atomic E-state index is 10.4. The van der Waals surface area contributed by atoms with Gasteiger partial charge in [0.15, 0.2) is 0 Å². The van der Waals surface area contributed by atoms with Crippen molar-refractivity contribution in [1.82, 2.24) is 5.32 Å². The van der Waals surface area contributed by atoms with Gasteiger partial charge in [-0.25, -0.2) is 0 Å². The zero-order chi connectivity index (χ0) is 31.9. The minimum absolute atomic E-state index is 0. The van der Waals surface area contributed by atoms with Crippen molar-refractivity contribution in [3.8, 4) is 5.75 Å². The molecule has 4 nitrogen and oxygen atoms in total. The van der Waals surface area contributed by atoms with Gasteiger partial charge < -0.3 is 20.4 Å². The first kappa shape index (κ1) is 36.8. The average molecular weight is 760 g/mol. The van der Waals surface area contributed by atoms with Crippen molar-refractivity contribution in [3.63, 3.8) is 0 Å². The van der Waals surface area contributed by atoms with Crippen LogP contribution in [0.5, 0.6) is 5.75 Å². The maximum Gasteiger partial charge on any atom is 4.00 e. The number of ether oxygens (including phenoxy) is 1. The molecule has 1 aliphatic rings. The summed E-state index contributed by atoms with van der Waals surface area (Å²) in [7, 11) is 1.65. The second-order valence-corrected chi connectivity index (χ2v) is 10.5. The number of para-hydroxylation sites is 2. The van der Waals surface area contributed by atoms with Gasteiger partial charge in [0.25, 0.3) is 0 Å². The Balaban J connectivity index is 0.000000259. The fraction of sp³-hybridized carbons (Fsp3) is 0.150. The van der Waals surface area contributed by atoms with Crippen molar-refractivity contribution >= 4 is 11.6 Å². The van der Waals surface area contributed by atoms with Gasteiger partial charge in [0.1, 0.15) is 5.75 Å². The molecule has 5 aromatic rings. The van der Waals surface area contributed by atoms with Gasteiger partial charge in [0.2, 0.25) is 0 Å². The summed E-state index contributed by atoms with van der Waals surface area (Å²) in [5.74, 6) is 0.911. The molecule has 1 heterocycles. The predicted molar refractivity (Wildman–Crippen MR) is 188 cm³/mol. The van der Waals surface area contributed by atoms with Gasteiger partial charge in [0, 0.05) is 17.7 Å². The Morgan fingerprint density at radius 2 is 1.07 bits per heavy atom. The topological polar surface area (TPSA) is 46.8 Å². The summed E-state index contributed by atoms with van der Waals surface area (Å²) in [5.41, 5.74) is 9.06. The predicted octanol–water partition coefficient (Wildman–Crippen LogP) is 9.30. The normalized spacial score (nSPS) is 12.8. The summed E-state index contributed by atoms with van der Waals surface area (Å²) in [6, 6.07) is 41.8. The van der Waals surface area contributed by atoms with Crippen LogP contribution in [-0.2, 0) is 25.8 Å². The number of nitrogens with one attached hydrogen (secondary N) is 1. The number of benzene rings is 5. The van der Waals surface area contributed by atoms with Crippen molar-refractivity contribution in [3.05, 3.63) is 193 Å². The van der Waals surface area contributed by atoms with Gasteiger partial charge >= 0.3 is 25.8 Å². The number of hydrogen-bond donors (Lipinski definition) is 1. The minimum atomic E-state index is 0. The number of rotatable bonds is 3. The molecular formula is C40H43HfN3O. The third-order valence-corrected chi connectivity index (χ3v) is 6.94. The molecule has 228 valence electrons. The van der Waals surface area contributed by atoms with Crippen LogP contribution in [0.25, 0.3) is 5.41 Å². The summed E-state index contributed by atoms with van der Waals surface area (Å²) >= 11 is 0. The first-order valence-corrected chi connectivity index (χ1v) is 14.6. The molecule has 0 amide bonds. The van der Waals surface area contributed by atoms with E-state index in [1.165, 1.54) is 22.3 Å². The van der Waals surface area contributed by atoms with Crippen molar-refractivity contribution in [2.24, 2.45) is 0 Å². The first-order valence-electron chi connectivity index (χ1n) is 14.6. The molecule has 0 radical (unpaired) electrons. The van der Waals surface area contributed by atoms with Gasteiger partial charge in [-0.15, -0.1) is 36.4 Å². The van der Waals surface area contributed by atoms with Crippen LogP contribution < -0.4 is 15.0 Å². The van der Waals surface area contributed by atoms with Crippen LogP contribution in [0, 0.1) is 41.5 Å². The van der Waals surface area contributed by atoms with Crippen LogP contribution in [0.3, 0.4) is 0 Å². The molecule has 0 saturated carbocycles. The fourth-order valence-electron chi connectivity index (χ4n) is 5.00. The SMILES string of the molecule is COc1ccccc1N1C(=[N-])NCC1c1c(C)cc(C)cc1C.[CH2-]c1ccccc1.[CH2-]c1ccccc1.[CH2-]c1ccccc1.[Hf+4]. The standard InChI is InChI=1S/C19H22N3O.3C7H7.Hf/c1-12-9-13(2)18(14(3)10-12)16-11-21-19(20)22(16)15-7-5-6-8-17(15)23-4;3*1-7-5-3-2-4-6-7;/h5-10,16H,11H2,1-4H3,(H-,20,21);3*2-6H,1H2;/q4*-1;+4. The first-order chi connectivity index (χ1) is 21.2. The third-order valence-electron chi connectivity index (χ3n) is 6.94. The molecule has 1 atom stereocenters. The van der Waals surface area contributed by atoms with E-state index in [1.807, 2.05) is 120 Å². The molecule has 0 aliphatic carbocycles. The monoisotopic (exact) mass is 761 g/mol. The van der Waals surface area contributed by atoms with E-state index in [0.29, 0.717) is 6.54 Å². The second kappa shape index (κ2) is 19.1. The molecule has 1 saturated heterocycles. The van der Waals surface area contributed by atoms with Crippen LogP contribution in [0.15, 0.2) is 127 Å². The number of hydrogen-bond acceptors (Lipinski definition) is 1. The summed E-state index contributed by atoms with van der Waals surface area (Å²) in [6.07, 6.45) is 0. The Morgan fingerprint density at radius 1 is 0.667 bits per heavy atom. The Labute approximate surface area is 289 Å². The van der Waals surface area contributed by atoms with Crippen LogP contribution in [0.4, 0.5) is 5.69 Å². The average Bonchev–Trinajstić information content (AvgIpc) is 3.39. The van der Waals surface area contributed by atoms with E-state index in [9.17, 15) is 5.41 Å². The third kappa shape index (κ3) is 11.6. The Bertz CT molecular complexity index is 1460. The van der Waals surface area contributed by atoms with Crippen molar-refractivity contribution in [2.75, 3.05) is 18.6 Å². The molecule has 0 aromatic heterocycles. The van der Waals surface area contributed by atoms with E-state index in [4.69, 9.17) is 4.74 Å². The van der Waals surface area contributed by atoms with Gasteiger partial charge in [0.05, 0.1) is 7.11 Å². The number of nitrogens with zero attached hydrogens (tertiary/aromatic N) is 2. The molecule has 1 aliphatic heterocycles. The molecule has 1 unspecified atom stereocenters. The van der Waals surface area contributed by atoms with Gasteiger partial charge in [-0.2, -0.15) is 73.9 Å². The van der Waals surface area contributed by atoms with E-state index in [2.05, 4.69) is 59.0 Å². The summed E-state index contributed by atoms with van der Waals surface area (Å²) in [5, 5.41) is 13.5. The molecule has 6 rings (SSSR count). The number of anilines is 1. The van der Waals surface area contributed by atoms with Crippen LogP contribution >= 0.6 is 0 Å². The van der Waals surface area contributed by atoms with Crippen molar-refractivity contribution in [2.45, 2.75) is 26.8 Å². The van der Waals surface area contributed by atoms with E-state index >= 15 is 0 Å². The zero-order valence-electron chi connectivity index (χ0n) is 26.8. The molecule has 1 N–H and O–H groups in total. The van der Waals surface area contributed by atoms with E-state index in [1.54, 1.807) is 7.11 Å². The van der Waals surface area contributed by atoms with Crippen molar-refractivity contribution in [1.29, 1.82) is 0 Å². The summed E-state index contributed by atoms with van der Waals surface area (Å²) in [4.78, 5) is 1.92. The molecular weight excluding hydrogens is 717 g/mol. The van der Waals surface area contributed by atoms with Crippen LogP contribution in [0.2, 0.25) is 0 Å². The zero-order valence-corrected chi connectivity index (χ0v) is 30.4. The molecule has 0 bridgehead atoms. The van der Waals surface area contributed by atoms with Crippen LogP contribution in [-0.4, -0.2) is 19.6 Å². The molecule has 5 heteroatoms. The smallest absolute Gasteiger partial charge is 0.496 e. The molecule has 45 heavy (non-hydrogen) atoms. The molecule has 5 aromatic carbocycles. The Kier molecular flexibility index (Phi) is 15.7. The molecule has 1 fully saturated rings. The number of aryl methyl sites for hydroxylation is 3. The van der Waals surface area contributed by atoms with Gasteiger partial charge in [-0.1, -0.05) is 48.0 Å². The van der Waals surface area contributed by atoms with E-state index in [-0.39, 0.29) is 37.8 Å².